The summed E-state index contributed by atoms with van der Waals surface area (Å²) in [7, 11) is 1.85. The highest BCUT2D eigenvalue weighted by molar-refractivity contribution is 4.88. The average Bonchev–Trinajstić information content (AvgIpc) is 2.37. The largest absolute Gasteiger partial charge is 0.377 e. The molecule has 0 spiro atoms. The number of likely N-dealkylation sites (tertiary alicyclic amines) is 1. The second kappa shape index (κ2) is 7.61. The summed E-state index contributed by atoms with van der Waals surface area (Å²) >= 11 is 0. The fourth-order valence-electron chi connectivity index (χ4n) is 3.40. The molecule has 0 aromatic carbocycles. The van der Waals surface area contributed by atoms with E-state index in [1.807, 2.05) is 7.11 Å². The summed E-state index contributed by atoms with van der Waals surface area (Å²) in [5, 5.41) is 3.54. The molecule has 19 heavy (non-hydrogen) atoms. The Bertz CT molecular complexity index is 259. The second-order valence-corrected chi connectivity index (χ2v) is 6.81. The maximum atomic E-state index is 5.71. The van der Waals surface area contributed by atoms with Gasteiger partial charge in [-0.05, 0) is 44.7 Å². The van der Waals surface area contributed by atoms with Crippen molar-refractivity contribution in [1.82, 2.24) is 10.2 Å². The Labute approximate surface area is 120 Å². The average molecular weight is 270 g/mol. The van der Waals surface area contributed by atoms with Crippen molar-refractivity contribution >= 4 is 0 Å². The molecule has 0 aromatic rings. The normalized spacial score (nSPS) is 28.3. The molecule has 2 atom stereocenters. The minimum absolute atomic E-state index is 0.0591. The van der Waals surface area contributed by atoms with E-state index in [1.165, 1.54) is 38.8 Å². The van der Waals surface area contributed by atoms with Crippen LogP contribution in [-0.4, -0.2) is 50.3 Å². The Hall–Kier alpha value is -0.120. The fraction of sp³-hybridized carbons (Fsp3) is 1.00. The van der Waals surface area contributed by atoms with Crippen molar-refractivity contribution in [3.63, 3.8) is 0 Å². The maximum Gasteiger partial charge on any atom is 0.0777 e. The van der Waals surface area contributed by atoms with Gasteiger partial charge in [0.1, 0.15) is 0 Å². The molecule has 114 valence electrons. The van der Waals surface area contributed by atoms with Crippen LogP contribution in [0.4, 0.5) is 0 Å². The Morgan fingerprint density at radius 3 is 2.68 bits per heavy atom. The Balaban J connectivity index is 2.57. The summed E-state index contributed by atoms with van der Waals surface area (Å²) in [5.74, 6) is 0. The first-order chi connectivity index (χ1) is 8.97. The minimum atomic E-state index is 0.0591. The molecule has 1 aliphatic rings. The molecule has 1 saturated heterocycles. The quantitative estimate of drug-likeness (QED) is 0.734. The third-order valence-corrected chi connectivity index (χ3v) is 4.49. The third-order valence-electron chi connectivity index (χ3n) is 4.49. The van der Waals surface area contributed by atoms with Crippen LogP contribution < -0.4 is 5.32 Å². The van der Waals surface area contributed by atoms with Crippen molar-refractivity contribution in [2.45, 2.75) is 59.0 Å². The van der Waals surface area contributed by atoms with Gasteiger partial charge < -0.3 is 10.1 Å². The number of methoxy groups -OCH3 is 1. The summed E-state index contributed by atoms with van der Waals surface area (Å²) in [5.41, 5.74) is 0.445. The molecule has 1 N–H and O–H groups in total. The van der Waals surface area contributed by atoms with Crippen LogP contribution in [-0.2, 0) is 4.74 Å². The molecule has 3 nitrogen and oxygen atoms in total. The second-order valence-electron chi connectivity index (χ2n) is 6.81. The summed E-state index contributed by atoms with van der Waals surface area (Å²) in [6, 6.07) is 0. The standard InChI is InChI=1S/C16H34N2O/c1-6-9-15(3,12-17-7-2)13-18-11-8-10-16(4,14-18)19-5/h17H,6-14H2,1-5H3. The van der Waals surface area contributed by atoms with Gasteiger partial charge in [0.15, 0.2) is 0 Å². The lowest BCUT2D eigenvalue weighted by Gasteiger charge is -2.43. The SMILES string of the molecule is CCCC(C)(CNCC)CN1CCCC(C)(OC)C1. The molecule has 3 heteroatoms. The maximum absolute atomic E-state index is 5.71. The van der Waals surface area contributed by atoms with Gasteiger partial charge in [-0.2, -0.15) is 0 Å². The lowest BCUT2D eigenvalue weighted by Crippen LogP contribution is -2.51. The van der Waals surface area contributed by atoms with Gasteiger partial charge >= 0.3 is 0 Å². The van der Waals surface area contributed by atoms with Gasteiger partial charge in [-0.3, -0.25) is 4.90 Å². The molecule has 0 saturated carbocycles. The van der Waals surface area contributed by atoms with Crippen LogP contribution in [0, 0.1) is 5.41 Å². The van der Waals surface area contributed by atoms with Crippen molar-refractivity contribution < 1.29 is 4.74 Å². The zero-order valence-corrected chi connectivity index (χ0v) is 13.7. The van der Waals surface area contributed by atoms with Crippen molar-refractivity contribution in [2.75, 3.05) is 39.8 Å². The number of nitrogens with zero attached hydrogens (tertiary/aromatic N) is 1. The molecule has 0 aliphatic carbocycles. The minimum Gasteiger partial charge on any atom is -0.377 e. The Morgan fingerprint density at radius 1 is 1.37 bits per heavy atom. The third kappa shape index (κ3) is 5.41. The van der Waals surface area contributed by atoms with Crippen LogP contribution in [0.3, 0.4) is 0 Å². The molecule has 1 rings (SSSR count). The first-order valence-corrected chi connectivity index (χ1v) is 7.95. The lowest BCUT2D eigenvalue weighted by atomic mass is 9.83. The monoisotopic (exact) mass is 270 g/mol. The van der Waals surface area contributed by atoms with Crippen molar-refractivity contribution in [2.24, 2.45) is 5.41 Å². The fourth-order valence-corrected chi connectivity index (χ4v) is 3.40. The highest BCUT2D eigenvalue weighted by atomic mass is 16.5. The number of nitrogens with one attached hydrogen (secondary N) is 1. The summed E-state index contributed by atoms with van der Waals surface area (Å²) in [6.45, 7) is 14.8. The molecular formula is C16H34N2O. The van der Waals surface area contributed by atoms with E-state index < -0.39 is 0 Å². The van der Waals surface area contributed by atoms with E-state index in [-0.39, 0.29) is 5.60 Å². The van der Waals surface area contributed by atoms with E-state index in [4.69, 9.17) is 4.74 Å². The molecule has 0 bridgehead atoms. The first-order valence-electron chi connectivity index (χ1n) is 7.95. The molecule has 0 radical (unpaired) electrons. The molecule has 0 aromatic heterocycles. The van der Waals surface area contributed by atoms with Crippen LogP contribution >= 0.6 is 0 Å². The van der Waals surface area contributed by atoms with Crippen molar-refractivity contribution in [3.8, 4) is 0 Å². The van der Waals surface area contributed by atoms with Gasteiger partial charge in [-0.25, -0.2) is 0 Å². The molecule has 0 amide bonds. The lowest BCUT2D eigenvalue weighted by molar-refractivity contribution is -0.0588. The summed E-state index contributed by atoms with van der Waals surface area (Å²) in [6.07, 6.45) is 5.00. The molecule has 1 fully saturated rings. The van der Waals surface area contributed by atoms with E-state index in [1.54, 1.807) is 0 Å². The Kier molecular flexibility index (Phi) is 6.78. The molecule has 1 heterocycles. The summed E-state index contributed by atoms with van der Waals surface area (Å²) < 4.78 is 5.71. The van der Waals surface area contributed by atoms with Gasteiger partial charge in [-0.1, -0.05) is 27.2 Å². The number of hydrogen-bond acceptors (Lipinski definition) is 3. The van der Waals surface area contributed by atoms with E-state index in [0.29, 0.717) is 5.41 Å². The highest BCUT2D eigenvalue weighted by Gasteiger charge is 2.34. The van der Waals surface area contributed by atoms with Gasteiger partial charge in [-0.15, -0.1) is 0 Å². The number of ether oxygens (including phenoxy) is 1. The predicted octanol–water partition coefficient (Wildman–Crippen LogP) is 2.90. The zero-order valence-electron chi connectivity index (χ0n) is 13.7. The van der Waals surface area contributed by atoms with Crippen LogP contribution in [0.5, 0.6) is 0 Å². The first kappa shape index (κ1) is 16.9. The molecule has 1 aliphatic heterocycles. The van der Waals surface area contributed by atoms with Gasteiger partial charge in [0, 0.05) is 26.7 Å². The van der Waals surface area contributed by atoms with Gasteiger partial charge in [0.05, 0.1) is 5.60 Å². The van der Waals surface area contributed by atoms with Crippen molar-refractivity contribution in [3.05, 3.63) is 0 Å². The van der Waals surface area contributed by atoms with Crippen LogP contribution in [0.25, 0.3) is 0 Å². The van der Waals surface area contributed by atoms with Crippen LogP contribution in [0.2, 0.25) is 0 Å². The van der Waals surface area contributed by atoms with Crippen LogP contribution in [0.15, 0.2) is 0 Å². The predicted molar refractivity (Wildman–Crippen MR) is 82.6 cm³/mol. The van der Waals surface area contributed by atoms with Gasteiger partial charge in [0.25, 0.3) is 0 Å². The van der Waals surface area contributed by atoms with Crippen LogP contribution in [0.1, 0.15) is 53.4 Å². The zero-order chi connectivity index (χ0) is 14.4. The number of rotatable bonds is 8. The Morgan fingerprint density at radius 2 is 2.11 bits per heavy atom. The van der Waals surface area contributed by atoms with E-state index in [0.717, 1.165) is 19.6 Å². The molecule has 2 unspecified atom stereocenters. The summed E-state index contributed by atoms with van der Waals surface area (Å²) in [4.78, 5) is 2.61. The van der Waals surface area contributed by atoms with E-state index >= 15 is 0 Å². The van der Waals surface area contributed by atoms with E-state index in [9.17, 15) is 0 Å². The smallest absolute Gasteiger partial charge is 0.0777 e. The topological polar surface area (TPSA) is 24.5 Å². The highest BCUT2D eigenvalue weighted by Crippen LogP contribution is 2.29. The van der Waals surface area contributed by atoms with E-state index in [2.05, 4.69) is 37.9 Å². The number of hydrogen-bond donors (Lipinski definition) is 1. The van der Waals surface area contributed by atoms with Gasteiger partial charge in [0.2, 0.25) is 0 Å². The van der Waals surface area contributed by atoms with Crippen molar-refractivity contribution in [1.29, 1.82) is 0 Å². The number of piperidine rings is 1. The molecular weight excluding hydrogens is 236 g/mol.